The second-order valence-electron chi connectivity index (χ2n) is 8.27. The zero-order valence-electron chi connectivity index (χ0n) is 19.6. The summed E-state index contributed by atoms with van der Waals surface area (Å²) in [6.07, 6.45) is 1.94. The van der Waals surface area contributed by atoms with E-state index in [0.29, 0.717) is 49.4 Å². The molecule has 37 heavy (non-hydrogen) atoms. The van der Waals surface area contributed by atoms with E-state index in [1.807, 2.05) is 66.4 Å². The minimum atomic E-state index is -0.257. The molecule has 0 unspecified atom stereocenters. The maximum atomic E-state index is 10.8. The van der Waals surface area contributed by atoms with Crippen LogP contribution in [0.25, 0.3) is 50.5 Å². The molecule has 0 fully saturated rings. The van der Waals surface area contributed by atoms with E-state index in [9.17, 15) is 5.11 Å². The molecule has 0 atom stereocenters. The number of aliphatic hydroxyl groups is 1. The van der Waals surface area contributed by atoms with E-state index < -0.39 is 0 Å². The van der Waals surface area contributed by atoms with E-state index >= 15 is 0 Å². The second kappa shape index (κ2) is 9.38. The first-order chi connectivity index (χ1) is 18.0. The molecule has 9 nitrogen and oxygen atoms in total. The molecule has 0 bridgehead atoms. The molecule has 6 aromatic rings. The lowest BCUT2D eigenvalue weighted by Crippen LogP contribution is -2.06. The highest BCUT2D eigenvalue weighted by atomic mass is 35.5. The molecule has 184 valence electrons. The molecule has 0 aliphatic carbocycles. The van der Waals surface area contributed by atoms with Crippen molar-refractivity contribution in [2.75, 3.05) is 6.26 Å². The highest BCUT2D eigenvalue weighted by Crippen LogP contribution is 2.42. The number of fused-ring (bicyclic) bond motifs is 3. The summed E-state index contributed by atoms with van der Waals surface area (Å²) >= 11 is 14.0. The summed E-state index contributed by atoms with van der Waals surface area (Å²) in [5, 5.41) is 34.5. The molecule has 0 radical (unpaired) electrons. The van der Waals surface area contributed by atoms with Crippen molar-refractivity contribution >= 4 is 51.6 Å². The zero-order chi connectivity index (χ0) is 25.7. The summed E-state index contributed by atoms with van der Waals surface area (Å²) in [4.78, 5) is 4.81. The largest absolute Gasteiger partial charge is 0.392 e. The molecular formula is C25H18Cl2N8OS. The number of thioether (sulfide) groups is 1. The van der Waals surface area contributed by atoms with Crippen molar-refractivity contribution in [2.24, 2.45) is 7.05 Å². The van der Waals surface area contributed by atoms with Gasteiger partial charge in [-0.3, -0.25) is 0 Å². The van der Waals surface area contributed by atoms with Crippen LogP contribution in [-0.2, 0) is 13.7 Å². The summed E-state index contributed by atoms with van der Waals surface area (Å²) in [5.41, 5.74) is 5.08. The third kappa shape index (κ3) is 3.93. The van der Waals surface area contributed by atoms with Crippen molar-refractivity contribution in [3.05, 3.63) is 70.2 Å². The van der Waals surface area contributed by atoms with Crippen LogP contribution in [-0.4, -0.2) is 51.2 Å². The van der Waals surface area contributed by atoms with E-state index in [4.69, 9.17) is 28.2 Å². The van der Waals surface area contributed by atoms with Gasteiger partial charge in [0.2, 0.25) is 0 Å². The van der Waals surface area contributed by atoms with Crippen molar-refractivity contribution in [3.63, 3.8) is 0 Å². The van der Waals surface area contributed by atoms with Gasteiger partial charge in [0.1, 0.15) is 0 Å². The Bertz CT molecular complexity index is 1800. The first-order valence-corrected chi connectivity index (χ1v) is 13.1. The lowest BCUT2D eigenvalue weighted by atomic mass is 9.90. The number of benzene rings is 3. The summed E-state index contributed by atoms with van der Waals surface area (Å²) in [6, 6.07) is 16.8. The highest BCUT2D eigenvalue weighted by Gasteiger charge is 2.26. The van der Waals surface area contributed by atoms with Gasteiger partial charge in [0, 0.05) is 33.6 Å². The average Bonchev–Trinajstić information content (AvgIpc) is 3.53. The van der Waals surface area contributed by atoms with Crippen LogP contribution in [0.5, 0.6) is 0 Å². The molecule has 6 rings (SSSR count). The van der Waals surface area contributed by atoms with Gasteiger partial charge in [0.25, 0.3) is 5.78 Å². The Morgan fingerprint density at radius 2 is 1.76 bits per heavy atom. The van der Waals surface area contributed by atoms with E-state index in [0.717, 1.165) is 21.8 Å². The van der Waals surface area contributed by atoms with Gasteiger partial charge in [0.05, 0.1) is 17.8 Å². The van der Waals surface area contributed by atoms with Gasteiger partial charge in [-0.15, -0.1) is 10.2 Å². The van der Waals surface area contributed by atoms with E-state index in [-0.39, 0.29) is 6.61 Å². The summed E-state index contributed by atoms with van der Waals surface area (Å²) in [7, 11) is 1.89. The molecule has 3 heterocycles. The second-order valence-corrected chi connectivity index (χ2v) is 9.91. The Hall–Kier alpha value is -3.57. The van der Waals surface area contributed by atoms with Crippen LogP contribution in [0.4, 0.5) is 0 Å². The van der Waals surface area contributed by atoms with Crippen molar-refractivity contribution in [1.29, 1.82) is 0 Å². The number of aromatic nitrogens is 8. The van der Waals surface area contributed by atoms with Crippen molar-refractivity contribution in [1.82, 2.24) is 39.8 Å². The van der Waals surface area contributed by atoms with Crippen LogP contribution < -0.4 is 0 Å². The summed E-state index contributed by atoms with van der Waals surface area (Å²) in [6.45, 7) is -0.257. The van der Waals surface area contributed by atoms with Gasteiger partial charge < -0.3 is 9.67 Å². The van der Waals surface area contributed by atoms with Crippen LogP contribution in [0.2, 0.25) is 10.0 Å². The quantitative estimate of drug-likeness (QED) is 0.288. The fourth-order valence-corrected chi connectivity index (χ4v) is 5.33. The smallest absolute Gasteiger partial charge is 0.274 e. The van der Waals surface area contributed by atoms with E-state index in [1.165, 1.54) is 11.8 Å². The van der Waals surface area contributed by atoms with E-state index in [2.05, 4.69) is 25.7 Å². The minimum absolute atomic E-state index is 0.257. The van der Waals surface area contributed by atoms with Gasteiger partial charge in [-0.05, 0) is 63.7 Å². The topological polar surface area (TPSA) is 107 Å². The SMILES string of the molecule is CSc1nnc(-c2c(CO)c(-c3ccc(Cl)cc3)cc3c2c(-c2cccc(Cl)c2)nc2nnnn23)n1C. The fourth-order valence-electron chi connectivity index (χ4n) is 4.53. The molecule has 3 aromatic heterocycles. The van der Waals surface area contributed by atoms with Crippen LogP contribution >= 0.6 is 35.0 Å². The molecule has 0 amide bonds. The van der Waals surface area contributed by atoms with Gasteiger partial charge >= 0.3 is 0 Å². The van der Waals surface area contributed by atoms with Gasteiger partial charge in [-0.1, -0.05) is 64.3 Å². The monoisotopic (exact) mass is 548 g/mol. The van der Waals surface area contributed by atoms with Crippen LogP contribution in [0.3, 0.4) is 0 Å². The predicted octanol–water partition coefficient (Wildman–Crippen LogP) is 5.32. The maximum absolute atomic E-state index is 10.8. The number of hydrogen-bond acceptors (Lipinski definition) is 8. The standard InChI is InChI=1S/C25H18Cl2N8OS/c1-34-23(29-31-25(34)37-2)20-18(12-36)17(13-6-8-15(26)9-7-13)11-19-21(20)22(14-4-3-5-16(27)10-14)28-24-30-32-33-35(19)24/h3-11,36H,12H2,1-2H3. The van der Waals surface area contributed by atoms with Gasteiger partial charge in [0.15, 0.2) is 11.0 Å². The van der Waals surface area contributed by atoms with Gasteiger partial charge in [-0.2, -0.15) is 4.52 Å². The normalized spacial score (nSPS) is 11.6. The maximum Gasteiger partial charge on any atom is 0.274 e. The lowest BCUT2D eigenvalue weighted by molar-refractivity contribution is 0.283. The first kappa shape index (κ1) is 23.8. The average molecular weight is 549 g/mol. The summed E-state index contributed by atoms with van der Waals surface area (Å²) < 4.78 is 3.48. The third-order valence-corrected chi connectivity index (χ3v) is 7.40. The molecule has 1 N–H and O–H groups in total. The predicted molar refractivity (Wildman–Crippen MR) is 145 cm³/mol. The zero-order valence-corrected chi connectivity index (χ0v) is 21.9. The molecule has 0 spiro atoms. The fraction of sp³-hybridized carbons (Fsp3) is 0.120. The number of aliphatic hydroxyl groups excluding tert-OH is 1. The molecular weight excluding hydrogens is 531 g/mol. The third-order valence-electron chi connectivity index (χ3n) is 6.20. The Kier molecular flexibility index (Phi) is 6.04. The summed E-state index contributed by atoms with van der Waals surface area (Å²) in [5.74, 6) is 0.904. The van der Waals surface area contributed by atoms with Crippen LogP contribution in [0.1, 0.15) is 5.56 Å². The van der Waals surface area contributed by atoms with Crippen molar-refractivity contribution < 1.29 is 5.11 Å². The van der Waals surface area contributed by atoms with Crippen molar-refractivity contribution in [3.8, 4) is 33.8 Å². The van der Waals surface area contributed by atoms with Gasteiger partial charge in [-0.25, -0.2) is 4.98 Å². The van der Waals surface area contributed by atoms with E-state index in [1.54, 1.807) is 10.6 Å². The molecule has 0 aliphatic heterocycles. The molecule has 0 saturated carbocycles. The Morgan fingerprint density at radius 3 is 2.46 bits per heavy atom. The molecule has 0 saturated heterocycles. The molecule has 12 heteroatoms. The molecule has 0 aliphatic rings. The Labute approximate surface area is 225 Å². The lowest BCUT2D eigenvalue weighted by Gasteiger charge is -2.19. The number of hydrogen-bond donors (Lipinski definition) is 1. The molecule has 3 aromatic carbocycles. The number of nitrogens with zero attached hydrogens (tertiary/aromatic N) is 8. The Morgan fingerprint density at radius 1 is 0.946 bits per heavy atom. The highest BCUT2D eigenvalue weighted by molar-refractivity contribution is 7.98. The first-order valence-electron chi connectivity index (χ1n) is 11.1. The number of tetrazole rings is 1. The minimum Gasteiger partial charge on any atom is -0.392 e. The van der Waals surface area contributed by atoms with Crippen molar-refractivity contribution in [2.45, 2.75) is 11.8 Å². The number of halogens is 2. The van der Waals surface area contributed by atoms with Crippen LogP contribution in [0, 0.1) is 0 Å². The number of rotatable bonds is 5. The Balaban J connectivity index is 1.85. The van der Waals surface area contributed by atoms with Crippen LogP contribution in [0.15, 0.2) is 59.8 Å².